The summed E-state index contributed by atoms with van der Waals surface area (Å²) in [5, 5.41) is 9.18. The number of aromatic carboxylic acids is 1. The highest BCUT2D eigenvalue weighted by molar-refractivity contribution is 6.03. The first-order valence-corrected chi connectivity index (χ1v) is 5.56. The minimum absolute atomic E-state index is 0.189. The van der Waals surface area contributed by atoms with Crippen molar-refractivity contribution in [2.75, 3.05) is 0 Å². The van der Waals surface area contributed by atoms with E-state index in [1.54, 1.807) is 12.1 Å². The standard InChI is InChI=1S/C14H10N2O2/c1-8-6-7-9(14(17)18)13-12(8)15-10-4-2-3-5-11(10)16-13/h2-7H,1H3,(H,17,18). The van der Waals surface area contributed by atoms with Crippen molar-refractivity contribution in [1.29, 1.82) is 0 Å². The van der Waals surface area contributed by atoms with Gasteiger partial charge in [0.05, 0.1) is 22.1 Å². The summed E-state index contributed by atoms with van der Waals surface area (Å²) in [5.41, 5.74) is 3.69. The van der Waals surface area contributed by atoms with Crippen LogP contribution in [0.2, 0.25) is 0 Å². The third-order valence-electron chi connectivity index (χ3n) is 2.93. The molecule has 1 aromatic heterocycles. The lowest BCUT2D eigenvalue weighted by Crippen LogP contribution is -2.01. The number of benzene rings is 2. The van der Waals surface area contributed by atoms with Crippen LogP contribution in [0.5, 0.6) is 0 Å². The van der Waals surface area contributed by atoms with E-state index in [2.05, 4.69) is 9.97 Å². The normalized spacial score (nSPS) is 10.9. The van der Waals surface area contributed by atoms with E-state index in [1.165, 1.54) is 0 Å². The van der Waals surface area contributed by atoms with Gasteiger partial charge in [0.2, 0.25) is 0 Å². The van der Waals surface area contributed by atoms with E-state index < -0.39 is 5.97 Å². The molecule has 18 heavy (non-hydrogen) atoms. The predicted octanol–water partition coefficient (Wildman–Crippen LogP) is 2.79. The summed E-state index contributed by atoms with van der Waals surface area (Å²) in [7, 11) is 0. The van der Waals surface area contributed by atoms with E-state index >= 15 is 0 Å². The summed E-state index contributed by atoms with van der Waals surface area (Å²) < 4.78 is 0. The van der Waals surface area contributed by atoms with Crippen LogP contribution in [-0.2, 0) is 0 Å². The van der Waals surface area contributed by atoms with Crippen LogP contribution in [0.25, 0.3) is 22.1 Å². The van der Waals surface area contributed by atoms with Crippen molar-refractivity contribution in [3.63, 3.8) is 0 Å². The fraction of sp³-hybridized carbons (Fsp3) is 0.0714. The first kappa shape index (κ1) is 10.7. The predicted molar refractivity (Wildman–Crippen MR) is 68.7 cm³/mol. The van der Waals surface area contributed by atoms with Gasteiger partial charge in [0.1, 0.15) is 5.52 Å². The molecule has 0 aliphatic carbocycles. The summed E-state index contributed by atoms with van der Waals surface area (Å²) in [6.45, 7) is 1.90. The highest BCUT2D eigenvalue weighted by Crippen LogP contribution is 2.22. The van der Waals surface area contributed by atoms with Crippen molar-refractivity contribution in [2.24, 2.45) is 0 Å². The Kier molecular flexibility index (Phi) is 2.23. The topological polar surface area (TPSA) is 63.1 Å². The van der Waals surface area contributed by atoms with Crippen molar-refractivity contribution in [3.05, 3.63) is 47.5 Å². The van der Waals surface area contributed by atoms with Crippen LogP contribution in [0.4, 0.5) is 0 Å². The molecule has 0 saturated carbocycles. The number of carbonyl (C=O) groups is 1. The van der Waals surface area contributed by atoms with Crippen LogP contribution in [0, 0.1) is 6.92 Å². The van der Waals surface area contributed by atoms with E-state index in [-0.39, 0.29) is 5.56 Å². The Bertz CT molecular complexity index is 781. The molecule has 0 aliphatic heterocycles. The van der Waals surface area contributed by atoms with Crippen molar-refractivity contribution < 1.29 is 9.90 Å². The monoisotopic (exact) mass is 238 g/mol. The smallest absolute Gasteiger partial charge is 0.337 e. The molecule has 0 spiro atoms. The lowest BCUT2D eigenvalue weighted by atomic mass is 10.1. The number of carboxylic acid groups (broad SMARTS) is 1. The summed E-state index contributed by atoms with van der Waals surface area (Å²) in [5.74, 6) is -0.982. The number of hydrogen-bond donors (Lipinski definition) is 1. The first-order chi connectivity index (χ1) is 8.66. The molecule has 0 fully saturated rings. The van der Waals surface area contributed by atoms with Crippen LogP contribution in [0.15, 0.2) is 36.4 Å². The molecule has 0 saturated heterocycles. The lowest BCUT2D eigenvalue weighted by molar-refractivity contribution is 0.0699. The number of aryl methyl sites for hydroxylation is 1. The third kappa shape index (κ3) is 1.50. The van der Waals surface area contributed by atoms with Gasteiger partial charge < -0.3 is 5.11 Å². The van der Waals surface area contributed by atoms with Crippen molar-refractivity contribution in [3.8, 4) is 0 Å². The molecular weight excluding hydrogens is 228 g/mol. The van der Waals surface area contributed by atoms with Gasteiger partial charge in [-0.15, -0.1) is 0 Å². The number of nitrogens with zero attached hydrogens (tertiary/aromatic N) is 2. The summed E-state index contributed by atoms with van der Waals surface area (Å²) in [6.07, 6.45) is 0. The molecule has 4 nitrogen and oxygen atoms in total. The molecule has 4 heteroatoms. The number of rotatable bonds is 1. The van der Waals surface area contributed by atoms with Gasteiger partial charge in [0.15, 0.2) is 0 Å². The maximum atomic E-state index is 11.2. The molecule has 3 aromatic rings. The van der Waals surface area contributed by atoms with E-state index in [0.29, 0.717) is 16.6 Å². The van der Waals surface area contributed by atoms with Crippen molar-refractivity contribution in [2.45, 2.75) is 6.92 Å². The Labute approximate surface area is 103 Å². The average Bonchev–Trinajstić information content (AvgIpc) is 2.37. The van der Waals surface area contributed by atoms with E-state index in [4.69, 9.17) is 0 Å². The van der Waals surface area contributed by atoms with Crippen molar-refractivity contribution in [1.82, 2.24) is 9.97 Å². The molecule has 0 unspecified atom stereocenters. The number of fused-ring (bicyclic) bond motifs is 2. The molecule has 0 bridgehead atoms. The minimum atomic E-state index is -0.982. The Morgan fingerprint density at radius 3 is 2.22 bits per heavy atom. The molecule has 3 rings (SSSR count). The van der Waals surface area contributed by atoms with Gasteiger partial charge in [-0.05, 0) is 30.7 Å². The highest BCUT2D eigenvalue weighted by atomic mass is 16.4. The summed E-state index contributed by atoms with van der Waals surface area (Å²) in [4.78, 5) is 20.1. The zero-order valence-corrected chi connectivity index (χ0v) is 9.71. The van der Waals surface area contributed by atoms with Crippen LogP contribution in [-0.4, -0.2) is 21.0 Å². The second-order valence-electron chi connectivity index (χ2n) is 4.14. The number of aromatic nitrogens is 2. The van der Waals surface area contributed by atoms with Gasteiger partial charge in [-0.2, -0.15) is 0 Å². The van der Waals surface area contributed by atoms with Gasteiger partial charge in [0.25, 0.3) is 0 Å². The maximum absolute atomic E-state index is 11.2. The molecule has 0 aliphatic rings. The van der Waals surface area contributed by atoms with Crippen LogP contribution >= 0.6 is 0 Å². The Morgan fingerprint density at radius 1 is 1.00 bits per heavy atom. The molecule has 2 aromatic carbocycles. The summed E-state index contributed by atoms with van der Waals surface area (Å²) >= 11 is 0. The average molecular weight is 238 g/mol. The van der Waals surface area contributed by atoms with E-state index in [9.17, 15) is 9.90 Å². The second kappa shape index (κ2) is 3.77. The zero-order chi connectivity index (χ0) is 12.7. The molecule has 0 amide bonds. The van der Waals surface area contributed by atoms with Crippen LogP contribution in [0.3, 0.4) is 0 Å². The van der Waals surface area contributed by atoms with Crippen LogP contribution in [0.1, 0.15) is 15.9 Å². The fourth-order valence-electron chi connectivity index (χ4n) is 2.00. The van der Waals surface area contributed by atoms with Gasteiger partial charge in [0, 0.05) is 0 Å². The lowest BCUT2D eigenvalue weighted by Gasteiger charge is -2.06. The minimum Gasteiger partial charge on any atom is -0.478 e. The van der Waals surface area contributed by atoms with Gasteiger partial charge >= 0.3 is 5.97 Å². The Balaban J connectivity index is 2.52. The van der Waals surface area contributed by atoms with Gasteiger partial charge in [-0.3, -0.25) is 0 Å². The molecule has 1 N–H and O–H groups in total. The molecule has 0 atom stereocenters. The maximum Gasteiger partial charge on any atom is 0.337 e. The third-order valence-corrected chi connectivity index (χ3v) is 2.93. The van der Waals surface area contributed by atoms with E-state index in [0.717, 1.165) is 11.1 Å². The Hall–Kier alpha value is -2.49. The van der Waals surface area contributed by atoms with Crippen LogP contribution < -0.4 is 0 Å². The summed E-state index contributed by atoms with van der Waals surface area (Å²) in [6, 6.07) is 10.8. The number of para-hydroxylation sites is 2. The van der Waals surface area contributed by atoms with Gasteiger partial charge in [-0.25, -0.2) is 14.8 Å². The van der Waals surface area contributed by atoms with E-state index in [1.807, 2.05) is 31.2 Å². The number of hydrogen-bond acceptors (Lipinski definition) is 3. The molecule has 0 radical (unpaired) electrons. The van der Waals surface area contributed by atoms with Gasteiger partial charge in [-0.1, -0.05) is 18.2 Å². The molecular formula is C14H10N2O2. The first-order valence-electron chi connectivity index (χ1n) is 5.56. The second-order valence-corrected chi connectivity index (χ2v) is 4.14. The quantitative estimate of drug-likeness (QED) is 0.662. The zero-order valence-electron chi connectivity index (χ0n) is 9.71. The fourth-order valence-corrected chi connectivity index (χ4v) is 2.00. The van der Waals surface area contributed by atoms with Crippen molar-refractivity contribution >= 4 is 28.0 Å². The highest BCUT2D eigenvalue weighted by Gasteiger charge is 2.13. The molecule has 1 heterocycles. The number of carboxylic acids is 1. The SMILES string of the molecule is Cc1ccc(C(=O)O)c2nc3ccccc3nc12. The molecule has 88 valence electrons. The Morgan fingerprint density at radius 2 is 1.61 bits per heavy atom. The largest absolute Gasteiger partial charge is 0.478 e.